The number of carbonyl (C=O) groups excluding carboxylic acids is 2. The number of cyclic esters (lactones) is 1. The lowest BCUT2D eigenvalue weighted by Crippen LogP contribution is -2.49. The maximum Gasteiger partial charge on any atom is 0.328 e. The largest absolute Gasteiger partial charge is 0.469 e. The zero-order chi connectivity index (χ0) is 17.1. The third kappa shape index (κ3) is 2.76. The van der Waals surface area contributed by atoms with Crippen molar-refractivity contribution in [1.29, 1.82) is 0 Å². The zero-order valence-electron chi connectivity index (χ0n) is 12.7. The highest BCUT2D eigenvalue weighted by molar-refractivity contribution is 7.93. The summed E-state index contributed by atoms with van der Waals surface area (Å²) >= 11 is 0. The van der Waals surface area contributed by atoms with E-state index in [1.54, 1.807) is 18.2 Å². The number of rotatable bonds is 6. The molecule has 0 aromatic heterocycles. The van der Waals surface area contributed by atoms with Crippen molar-refractivity contribution in [1.82, 2.24) is 0 Å². The quantitative estimate of drug-likeness (QED) is 0.577. The molecule has 0 saturated carbocycles. The average Bonchev–Trinajstić information content (AvgIpc) is 2.86. The summed E-state index contributed by atoms with van der Waals surface area (Å²) in [5.41, 5.74) is 0. The van der Waals surface area contributed by atoms with Gasteiger partial charge in [0.25, 0.3) is 0 Å². The van der Waals surface area contributed by atoms with Crippen molar-refractivity contribution < 1.29 is 27.5 Å². The Hall–Kier alpha value is -2.15. The van der Waals surface area contributed by atoms with Gasteiger partial charge in [-0.25, -0.2) is 8.42 Å². The first kappa shape index (κ1) is 17.2. The van der Waals surface area contributed by atoms with E-state index < -0.39 is 32.4 Å². The summed E-state index contributed by atoms with van der Waals surface area (Å²) in [6.45, 7) is 3.41. The van der Waals surface area contributed by atoms with Crippen LogP contribution in [0.2, 0.25) is 0 Å². The van der Waals surface area contributed by atoms with E-state index in [4.69, 9.17) is 4.74 Å². The van der Waals surface area contributed by atoms with Crippen LogP contribution in [0.5, 0.6) is 0 Å². The molecule has 1 fully saturated rings. The summed E-state index contributed by atoms with van der Waals surface area (Å²) in [6, 6.07) is 7.66. The maximum atomic E-state index is 13.1. The van der Waals surface area contributed by atoms with Gasteiger partial charge < -0.3 is 9.47 Å². The predicted octanol–water partition coefficient (Wildman–Crippen LogP) is 1.51. The molecule has 2 rings (SSSR count). The lowest BCUT2D eigenvalue weighted by molar-refractivity contribution is -0.142. The molecule has 0 radical (unpaired) electrons. The van der Waals surface area contributed by atoms with E-state index in [9.17, 15) is 18.0 Å². The number of sulfone groups is 1. The van der Waals surface area contributed by atoms with E-state index in [-0.39, 0.29) is 24.3 Å². The van der Waals surface area contributed by atoms with Crippen LogP contribution in [0.3, 0.4) is 0 Å². The van der Waals surface area contributed by atoms with Gasteiger partial charge in [-0.2, -0.15) is 0 Å². The maximum absolute atomic E-state index is 13.1. The minimum Gasteiger partial charge on any atom is -0.469 e. The molecular formula is C16H18O6S. The highest BCUT2D eigenvalue weighted by Gasteiger charge is 2.61. The average molecular weight is 338 g/mol. The Labute approximate surface area is 135 Å². The molecule has 0 aliphatic carbocycles. The number of benzene rings is 1. The minimum absolute atomic E-state index is 0.00978. The van der Waals surface area contributed by atoms with Crippen LogP contribution >= 0.6 is 0 Å². The summed E-state index contributed by atoms with van der Waals surface area (Å²) in [6.07, 6.45) is 1.00. The van der Waals surface area contributed by atoms with Crippen LogP contribution in [-0.4, -0.2) is 38.8 Å². The van der Waals surface area contributed by atoms with E-state index in [0.29, 0.717) is 0 Å². The van der Waals surface area contributed by atoms with Gasteiger partial charge in [0.1, 0.15) is 0 Å². The SMILES string of the molecule is C=CC[C@]1(S(=O)(=O)c2ccccc2)C(=O)OC[C@H]1CC(=O)OC. The summed E-state index contributed by atoms with van der Waals surface area (Å²) in [4.78, 5) is 24.0. The van der Waals surface area contributed by atoms with Crippen LogP contribution in [0, 0.1) is 5.92 Å². The fraction of sp³-hybridized carbons (Fsp3) is 0.375. The van der Waals surface area contributed by atoms with Gasteiger partial charge in [-0.15, -0.1) is 6.58 Å². The van der Waals surface area contributed by atoms with Gasteiger partial charge in [0.05, 0.1) is 25.0 Å². The molecule has 0 amide bonds. The van der Waals surface area contributed by atoms with Gasteiger partial charge >= 0.3 is 11.9 Å². The smallest absolute Gasteiger partial charge is 0.328 e. The fourth-order valence-electron chi connectivity index (χ4n) is 2.82. The third-order valence-corrected chi connectivity index (χ3v) is 6.56. The molecule has 1 aliphatic heterocycles. The van der Waals surface area contributed by atoms with Crippen LogP contribution in [0.25, 0.3) is 0 Å². The molecule has 0 spiro atoms. The van der Waals surface area contributed by atoms with E-state index in [0.717, 1.165) is 0 Å². The van der Waals surface area contributed by atoms with Crippen LogP contribution in [-0.2, 0) is 28.9 Å². The zero-order valence-corrected chi connectivity index (χ0v) is 13.5. The Kier molecular flexibility index (Phi) is 4.89. The van der Waals surface area contributed by atoms with Gasteiger partial charge in [0.2, 0.25) is 0 Å². The monoisotopic (exact) mass is 338 g/mol. The third-order valence-electron chi connectivity index (χ3n) is 4.04. The van der Waals surface area contributed by atoms with E-state index >= 15 is 0 Å². The summed E-state index contributed by atoms with van der Waals surface area (Å²) in [5.74, 6) is -2.27. The molecule has 1 aromatic carbocycles. The van der Waals surface area contributed by atoms with Gasteiger partial charge in [0, 0.05) is 5.92 Å². The highest BCUT2D eigenvalue weighted by Crippen LogP contribution is 2.43. The van der Waals surface area contributed by atoms with E-state index in [2.05, 4.69) is 11.3 Å². The molecule has 7 heteroatoms. The van der Waals surface area contributed by atoms with Crippen LogP contribution in [0.1, 0.15) is 12.8 Å². The van der Waals surface area contributed by atoms with Crippen molar-refractivity contribution in [2.75, 3.05) is 13.7 Å². The first-order valence-electron chi connectivity index (χ1n) is 7.04. The molecular weight excluding hydrogens is 320 g/mol. The van der Waals surface area contributed by atoms with Crippen LogP contribution in [0.4, 0.5) is 0 Å². The number of methoxy groups -OCH3 is 1. The Morgan fingerprint density at radius 2 is 2.09 bits per heavy atom. The van der Waals surface area contributed by atoms with Crippen LogP contribution < -0.4 is 0 Å². The number of carbonyl (C=O) groups is 2. The van der Waals surface area contributed by atoms with Gasteiger partial charge in [-0.1, -0.05) is 24.3 Å². The van der Waals surface area contributed by atoms with Gasteiger partial charge in [-0.05, 0) is 18.6 Å². The summed E-state index contributed by atoms with van der Waals surface area (Å²) < 4.78 is 34.0. The first-order valence-corrected chi connectivity index (χ1v) is 8.53. The van der Waals surface area contributed by atoms with Crippen molar-refractivity contribution >= 4 is 21.8 Å². The second-order valence-electron chi connectivity index (χ2n) is 5.27. The Morgan fingerprint density at radius 3 is 2.65 bits per heavy atom. The van der Waals surface area contributed by atoms with Crippen molar-refractivity contribution in [3.8, 4) is 0 Å². The summed E-state index contributed by atoms with van der Waals surface area (Å²) in [7, 11) is -2.86. The number of hydrogen-bond acceptors (Lipinski definition) is 6. The number of allylic oxidation sites excluding steroid dienone is 1. The van der Waals surface area contributed by atoms with Crippen molar-refractivity contribution in [2.24, 2.45) is 5.92 Å². The predicted molar refractivity (Wildman–Crippen MR) is 82.3 cm³/mol. The molecule has 1 saturated heterocycles. The van der Waals surface area contributed by atoms with Gasteiger partial charge in [-0.3, -0.25) is 9.59 Å². The minimum atomic E-state index is -4.07. The summed E-state index contributed by atoms with van der Waals surface area (Å²) in [5, 5.41) is 0. The van der Waals surface area contributed by atoms with E-state index in [1.807, 2.05) is 0 Å². The Morgan fingerprint density at radius 1 is 1.43 bits per heavy atom. The molecule has 6 nitrogen and oxygen atoms in total. The molecule has 0 N–H and O–H groups in total. The van der Waals surface area contributed by atoms with Crippen molar-refractivity contribution in [2.45, 2.75) is 22.5 Å². The molecule has 0 unspecified atom stereocenters. The normalized spacial score (nSPS) is 24.0. The molecule has 1 aromatic rings. The van der Waals surface area contributed by atoms with Crippen molar-refractivity contribution in [3.05, 3.63) is 43.0 Å². The lowest BCUT2D eigenvalue weighted by atomic mass is 9.88. The standard InChI is InChI=1S/C16H18O6S/c1-3-9-16(23(19,20)13-7-5-4-6-8-13)12(10-14(17)21-2)11-22-15(16)18/h3-8,12H,1,9-11H2,2H3/t12-,16-/m1/s1. The Bertz CT molecular complexity index is 709. The molecule has 0 bridgehead atoms. The molecule has 1 heterocycles. The molecule has 2 atom stereocenters. The lowest BCUT2D eigenvalue weighted by Gasteiger charge is -2.29. The molecule has 23 heavy (non-hydrogen) atoms. The first-order chi connectivity index (χ1) is 10.9. The second-order valence-corrected chi connectivity index (χ2v) is 7.48. The number of hydrogen-bond donors (Lipinski definition) is 0. The van der Waals surface area contributed by atoms with Crippen molar-refractivity contribution in [3.63, 3.8) is 0 Å². The van der Waals surface area contributed by atoms with Gasteiger partial charge in [0.15, 0.2) is 14.6 Å². The van der Waals surface area contributed by atoms with E-state index in [1.165, 1.54) is 25.3 Å². The highest BCUT2D eigenvalue weighted by atomic mass is 32.2. The fourth-order valence-corrected chi connectivity index (χ4v) is 4.96. The number of ether oxygens (including phenoxy) is 2. The Balaban J connectivity index is 2.58. The van der Waals surface area contributed by atoms with Crippen LogP contribution in [0.15, 0.2) is 47.9 Å². The topological polar surface area (TPSA) is 86.7 Å². The second kappa shape index (κ2) is 6.54. The molecule has 1 aliphatic rings. The molecule has 124 valence electrons. The number of esters is 2.